The Morgan fingerprint density at radius 1 is 1.18 bits per heavy atom. The molecule has 2 N–H and O–H groups in total. The Hall–Kier alpha value is -2.76. The standard InChI is InChI=1S/C22H26N2O4/c1-14(19-12-15-4-5-16(19)11-15)23-21(25)13-28-18-8-6-17(7-9-18)24-22(26)20-3-2-10-27-20/h2-3,6-10,14-16,19H,4-5,11-13H2,1H3,(H,23,25)(H,24,26)/t14-,15+,16+,19+/m0/s1. The second kappa shape index (κ2) is 8.09. The third kappa shape index (κ3) is 4.21. The van der Waals surface area contributed by atoms with E-state index >= 15 is 0 Å². The van der Waals surface area contributed by atoms with Crippen molar-refractivity contribution in [1.82, 2.24) is 5.32 Å². The first kappa shape index (κ1) is 18.6. The molecule has 148 valence electrons. The van der Waals surface area contributed by atoms with Gasteiger partial charge in [-0.15, -0.1) is 0 Å². The van der Waals surface area contributed by atoms with E-state index in [2.05, 4.69) is 17.6 Å². The fourth-order valence-corrected chi connectivity index (χ4v) is 4.69. The van der Waals surface area contributed by atoms with Crippen LogP contribution in [0.5, 0.6) is 5.75 Å². The molecule has 2 aliphatic carbocycles. The molecule has 0 saturated heterocycles. The molecule has 1 heterocycles. The Morgan fingerprint density at radius 3 is 2.64 bits per heavy atom. The van der Waals surface area contributed by atoms with Crippen molar-refractivity contribution in [3.63, 3.8) is 0 Å². The Labute approximate surface area is 164 Å². The number of anilines is 1. The number of benzene rings is 1. The topological polar surface area (TPSA) is 80.6 Å². The van der Waals surface area contributed by atoms with Crippen molar-refractivity contribution in [1.29, 1.82) is 0 Å². The number of ether oxygens (including phenoxy) is 1. The number of carbonyl (C=O) groups excluding carboxylic acids is 2. The zero-order valence-corrected chi connectivity index (χ0v) is 16.0. The molecule has 6 heteroatoms. The maximum atomic E-state index is 12.2. The number of rotatable bonds is 7. The molecule has 2 bridgehead atoms. The highest BCUT2D eigenvalue weighted by molar-refractivity contribution is 6.02. The lowest BCUT2D eigenvalue weighted by molar-refractivity contribution is -0.124. The zero-order chi connectivity index (χ0) is 19.5. The molecule has 1 aromatic carbocycles. The first-order valence-electron chi connectivity index (χ1n) is 9.95. The average molecular weight is 382 g/mol. The average Bonchev–Trinajstić information content (AvgIpc) is 3.45. The van der Waals surface area contributed by atoms with Crippen LogP contribution >= 0.6 is 0 Å². The van der Waals surface area contributed by atoms with Crippen molar-refractivity contribution in [2.45, 2.75) is 38.6 Å². The van der Waals surface area contributed by atoms with Crippen LogP contribution in [-0.2, 0) is 4.79 Å². The lowest BCUT2D eigenvalue weighted by atomic mass is 9.84. The molecule has 2 saturated carbocycles. The van der Waals surface area contributed by atoms with Gasteiger partial charge in [0, 0.05) is 11.7 Å². The van der Waals surface area contributed by atoms with Crippen molar-refractivity contribution in [2.24, 2.45) is 17.8 Å². The van der Waals surface area contributed by atoms with E-state index in [0.29, 0.717) is 17.4 Å². The lowest BCUT2D eigenvalue weighted by Crippen LogP contribution is -2.42. The van der Waals surface area contributed by atoms with Crippen LogP contribution in [0.1, 0.15) is 43.2 Å². The van der Waals surface area contributed by atoms with E-state index in [9.17, 15) is 9.59 Å². The molecule has 2 aromatic rings. The Kier molecular flexibility index (Phi) is 5.37. The van der Waals surface area contributed by atoms with E-state index < -0.39 is 0 Å². The number of fused-ring (bicyclic) bond motifs is 2. The van der Waals surface area contributed by atoms with Gasteiger partial charge in [-0.05, 0) is 80.3 Å². The van der Waals surface area contributed by atoms with Gasteiger partial charge in [-0.3, -0.25) is 9.59 Å². The van der Waals surface area contributed by atoms with Crippen LogP contribution in [0.4, 0.5) is 5.69 Å². The summed E-state index contributed by atoms with van der Waals surface area (Å²) in [4.78, 5) is 24.2. The molecule has 0 unspecified atom stereocenters. The van der Waals surface area contributed by atoms with E-state index in [1.54, 1.807) is 36.4 Å². The van der Waals surface area contributed by atoms with Gasteiger partial charge in [0.25, 0.3) is 11.8 Å². The van der Waals surface area contributed by atoms with Crippen LogP contribution in [0, 0.1) is 17.8 Å². The van der Waals surface area contributed by atoms with Crippen LogP contribution in [0.25, 0.3) is 0 Å². The second-order valence-corrected chi connectivity index (χ2v) is 7.94. The van der Waals surface area contributed by atoms with Crippen LogP contribution in [0.15, 0.2) is 47.1 Å². The first-order chi connectivity index (χ1) is 13.6. The summed E-state index contributed by atoms with van der Waals surface area (Å²) in [6.45, 7) is 2.10. The molecule has 2 aliphatic rings. The van der Waals surface area contributed by atoms with Gasteiger partial charge in [0.05, 0.1) is 6.26 Å². The summed E-state index contributed by atoms with van der Waals surface area (Å²) in [5, 5.41) is 5.84. The van der Waals surface area contributed by atoms with E-state index in [4.69, 9.17) is 9.15 Å². The van der Waals surface area contributed by atoms with Gasteiger partial charge in [0.1, 0.15) is 5.75 Å². The van der Waals surface area contributed by atoms with E-state index in [1.165, 1.54) is 31.9 Å². The second-order valence-electron chi connectivity index (χ2n) is 7.94. The number of furan rings is 1. The molecule has 0 spiro atoms. The number of hydrogen-bond donors (Lipinski definition) is 2. The molecule has 1 aromatic heterocycles. The van der Waals surface area contributed by atoms with Crippen molar-refractivity contribution in [2.75, 3.05) is 11.9 Å². The fourth-order valence-electron chi connectivity index (χ4n) is 4.69. The van der Waals surface area contributed by atoms with Gasteiger partial charge in [-0.1, -0.05) is 6.42 Å². The Morgan fingerprint density at radius 2 is 2.00 bits per heavy atom. The predicted octanol–water partition coefficient (Wildman–Crippen LogP) is 3.85. The van der Waals surface area contributed by atoms with Gasteiger partial charge < -0.3 is 19.8 Å². The minimum atomic E-state index is -0.312. The molecule has 0 aliphatic heterocycles. The predicted molar refractivity (Wildman–Crippen MR) is 105 cm³/mol. The number of carbonyl (C=O) groups is 2. The quantitative estimate of drug-likeness (QED) is 0.762. The van der Waals surface area contributed by atoms with Crippen molar-refractivity contribution >= 4 is 17.5 Å². The molecule has 4 rings (SSSR count). The molecule has 28 heavy (non-hydrogen) atoms. The molecular weight excluding hydrogens is 356 g/mol. The Bertz CT molecular complexity index is 816. The van der Waals surface area contributed by atoms with Crippen LogP contribution < -0.4 is 15.4 Å². The molecule has 2 fully saturated rings. The first-order valence-corrected chi connectivity index (χ1v) is 9.95. The molecule has 0 radical (unpaired) electrons. The number of nitrogens with one attached hydrogen (secondary N) is 2. The summed E-state index contributed by atoms with van der Waals surface area (Å²) in [6, 6.07) is 10.4. The lowest BCUT2D eigenvalue weighted by Gasteiger charge is -2.28. The summed E-state index contributed by atoms with van der Waals surface area (Å²) in [5.74, 6) is 2.70. The van der Waals surface area contributed by atoms with Gasteiger partial charge in [0.2, 0.25) is 0 Å². The van der Waals surface area contributed by atoms with E-state index in [1.807, 2.05) is 0 Å². The molecule has 2 amide bonds. The highest BCUT2D eigenvalue weighted by Crippen LogP contribution is 2.49. The summed E-state index contributed by atoms with van der Waals surface area (Å²) in [6.07, 6.45) is 6.72. The highest BCUT2D eigenvalue weighted by atomic mass is 16.5. The van der Waals surface area contributed by atoms with Gasteiger partial charge in [-0.2, -0.15) is 0 Å². The largest absolute Gasteiger partial charge is 0.484 e. The number of amides is 2. The van der Waals surface area contributed by atoms with Crippen molar-refractivity contribution < 1.29 is 18.7 Å². The highest BCUT2D eigenvalue weighted by Gasteiger charge is 2.42. The normalized spacial score (nSPS) is 24.0. The third-order valence-corrected chi connectivity index (χ3v) is 6.05. The van der Waals surface area contributed by atoms with Crippen LogP contribution in [0.2, 0.25) is 0 Å². The van der Waals surface area contributed by atoms with Crippen LogP contribution in [-0.4, -0.2) is 24.5 Å². The summed E-state index contributed by atoms with van der Waals surface area (Å²) in [7, 11) is 0. The minimum Gasteiger partial charge on any atom is -0.484 e. The van der Waals surface area contributed by atoms with Gasteiger partial charge in [-0.25, -0.2) is 0 Å². The molecule has 6 nitrogen and oxygen atoms in total. The Balaban J connectivity index is 1.22. The maximum absolute atomic E-state index is 12.2. The van der Waals surface area contributed by atoms with Gasteiger partial charge in [0.15, 0.2) is 12.4 Å². The van der Waals surface area contributed by atoms with Gasteiger partial charge >= 0.3 is 0 Å². The smallest absolute Gasteiger partial charge is 0.291 e. The zero-order valence-electron chi connectivity index (χ0n) is 16.0. The van der Waals surface area contributed by atoms with E-state index in [0.717, 1.165) is 11.8 Å². The minimum absolute atomic E-state index is 0.0107. The van der Waals surface area contributed by atoms with Crippen molar-refractivity contribution in [3.05, 3.63) is 48.4 Å². The molecular formula is C22H26N2O4. The van der Waals surface area contributed by atoms with Crippen molar-refractivity contribution in [3.8, 4) is 5.75 Å². The monoisotopic (exact) mass is 382 g/mol. The summed E-state index contributed by atoms with van der Waals surface area (Å²) >= 11 is 0. The summed E-state index contributed by atoms with van der Waals surface area (Å²) < 4.78 is 10.6. The third-order valence-electron chi connectivity index (χ3n) is 6.05. The summed E-state index contributed by atoms with van der Waals surface area (Å²) in [5.41, 5.74) is 0.628. The maximum Gasteiger partial charge on any atom is 0.291 e. The van der Waals surface area contributed by atoms with E-state index in [-0.39, 0.29) is 30.2 Å². The number of hydrogen-bond acceptors (Lipinski definition) is 4. The molecule has 4 atom stereocenters. The van der Waals surface area contributed by atoms with Crippen LogP contribution in [0.3, 0.4) is 0 Å². The SMILES string of the molecule is C[C@H](NC(=O)COc1ccc(NC(=O)c2ccco2)cc1)[C@H]1C[C@@H]2CC[C@@H]1C2. The fraction of sp³-hybridized carbons (Fsp3) is 0.455.